The highest BCUT2D eigenvalue weighted by Crippen LogP contribution is 2.31. The van der Waals surface area contributed by atoms with Gasteiger partial charge in [0.1, 0.15) is 0 Å². The Balaban J connectivity index is 0.00000156. The molecule has 25 heavy (non-hydrogen) atoms. The summed E-state index contributed by atoms with van der Waals surface area (Å²) in [5.74, 6) is 0.0828. The van der Waals surface area contributed by atoms with Gasteiger partial charge in [-0.05, 0) is 57.0 Å². The summed E-state index contributed by atoms with van der Waals surface area (Å²) in [6, 6.07) is 8.20. The Bertz CT molecular complexity index is 539. The van der Waals surface area contributed by atoms with Gasteiger partial charge in [-0.3, -0.25) is 4.79 Å². The number of carbonyl (C=O) groups excluding carboxylic acids is 1. The summed E-state index contributed by atoms with van der Waals surface area (Å²) in [5, 5.41) is 6.45. The molecule has 0 bridgehead atoms. The second-order valence-corrected chi connectivity index (χ2v) is 6.66. The van der Waals surface area contributed by atoms with Crippen molar-refractivity contribution in [3.05, 3.63) is 24.3 Å². The number of halogens is 2. The highest BCUT2D eigenvalue weighted by molar-refractivity contribution is 5.96. The smallest absolute Gasteiger partial charge is 0.233 e. The number of anilines is 2. The third kappa shape index (κ3) is 5.23. The van der Waals surface area contributed by atoms with Crippen LogP contribution in [0.3, 0.4) is 0 Å². The number of amides is 1. The summed E-state index contributed by atoms with van der Waals surface area (Å²) in [5.41, 5.74) is 1.67. The first kappa shape index (κ1) is 22.0. The minimum atomic E-state index is -0.413. The zero-order valence-corrected chi connectivity index (χ0v) is 16.4. The van der Waals surface area contributed by atoms with Crippen molar-refractivity contribution in [1.82, 2.24) is 5.32 Å². The molecule has 0 radical (unpaired) electrons. The van der Waals surface area contributed by atoms with Gasteiger partial charge in [-0.1, -0.05) is 6.07 Å². The average molecular weight is 390 g/mol. The standard InChI is InChI=1S/C18H27N3O2.2ClH/c1-23-14-18(7-9-19-10-8-18)17(22)20-15-5-4-6-16(13-15)21-11-2-3-12-21;;/h4-6,13,19H,2-3,7-12,14H2,1H3,(H,20,22);2*1H. The zero-order valence-electron chi connectivity index (χ0n) is 14.8. The van der Waals surface area contributed by atoms with E-state index >= 15 is 0 Å². The van der Waals surface area contributed by atoms with Crippen molar-refractivity contribution in [2.75, 3.05) is 50.1 Å². The predicted octanol–water partition coefficient (Wildman–Crippen LogP) is 3.09. The summed E-state index contributed by atoms with van der Waals surface area (Å²) in [7, 11) is 1.67. The first-order valence-corrected chi connectivity index (χ1v) is 8.60. The highest BCUT2D eigenvalue weighted by Gasteiger charge is 2.39. The number of methoxy groups -OCH3 is 1. The van der Waals surface area contributed by atoms with Gasteiger partial charge in [-0.25, -0.2) is 0 Å². The van der Waals surface area contributed by atoms with E-state index in [4.69, 9.17) is 4.74 Å². The van der Waals surface area contributed by atoms with E-state index in [1.54, 1.807) is 7.11 Å². The third-order valence-electron chi connectivity index (χ3n) is 5.04. The largest absolute Gasteiger partial charge is 0.384 e. The van der Waals surface area contributed by atoms with Crippen LogP contribution in [-0.2, 0) is 9.53 Å². The van der Waals surface area contributed by atoms with Gasteiger partial charge in [0.25, 0.3) is 0 Å². The monoisotopic (exact) mass is 389 g/mol. The molecule has 2 saturated heterocycles. The summed E-state index contributed by atoms with van der Waals surface area (Å²) in [4.78, 5) is 15.3. The molecule has 0 atom stereocenters. The lowest BCUT2D eigenvalue weighted by Gasteiger charge is -2.35. The van der Waals surface area contributed by atoms with Crippen LogP contribution < -0.4 is 15.5 Å². The van der Waals surface area contributed by atoms with Gasteiger partial charge in [0.2, 0.25) is 5.91 Å². The predicted molar refractivity (Wildman–Crippen MR) is 107 cm³/mol. The van der Waals surface area contributed by atoms with Crippen LogP contribution in [0.15, 0.2) is 24.3 Å². The fourth-order valence-corrected chi connectivity index (χ4v) is 3.64. The molecule has 0 unspecified atom stereocenters. The van der Waals surface area contributed by atoms with Gasteiger partial charge < -0.3 is 20.3 Å². The molecule has 0 aromatic heterocycles. The lowest BCUT2D eigenvalue weighted by Crippen LogP contribution is -2.47. The second kappa shape index (κ2) is 10.2. The van der Waals surface area contributed by atoms with Crippen molar-refractivity contribution in [2.24, 2.45) is 5.41 Å². The van der Waals surface area contributed by atoms with Gasteiger partial charge >= 0.3 is 0 Å². The average Bonchev–Trinajstić information content (AvgIpc) is 3.11. The number of rotatable bonds is 5. The summed E-state index contributed by atoms with van der Waals surface area (Å²) >= 11 is 0. The van der Waals surface area contributed by atoms with E-state index in [1.165, 1.54) is 18.5 Å². The molecular weight excluding hydrogens is 361 g/mol. The molecule has 1 aromatic carbocycles. The lowest BCUT2D eigenvalue weighted by atomic mass is 9.78. The van der Waals surface area contributed by atoms with E-state index in [9.17, 15) is 4.79 Å². The molecule has 7 heteroatoms. The van der Waals surface area contributed by atoms with Crippen molar-refractivity contribution in [2.45, 2.75) is 25.7 Å². The Hall–Kier alpha value is -1.01. The highest BCUT2D eigenvalue weighted by atomic mass is 35.5. The number of nitrogens with one attached hydrogen (secondary N) is 2. The fourth-order valence-electron chi connectivity index (χ4n) is 3.64. The molecule has 142 valence electrons. The quantitative estimate of drug-likeness (QED) is 0.812. The Morgan fingerprint density at radius 1 is 1.24 bits per heavy atom. The minimum absolute atomic E-state index is 0. The molecule has 0 aliphatic carbocycles. The van der Waals surface area contributed by atoms with Crippen LogP contribution in [0.25, 0.3) is 0 Å². The van der Waals surface area contributed by atoms with E-state index in [2.05, 4.69) is 27.7 Å². The van der Waals surface area contributed by atoms with Crippen LogP contribution in [0.1, 0.15) is 25.7 Å². The van der Waals surface area contributed by atoms with Crippen LogP contribution in [0.2, 0.25) is 0 Å². The Kier molecular flexibility index (Phi) is 9.00. The number of ether oxygens (including phenoxy) is 1. The van der Waals surface area contributed by atoms with Gasteiger partial charge in [-0.15, -0.1) is 24.8 Å². The van der Waals surface area contributed by atoms with Crippen molar-refractivity contribution in [3.63, 3.8) is 0 Å². The van der Waals surface area contributed by atoms with Crippen molar-refractivity contribution < 1.29 is 9.53 Å². The van der Waals surface area contributed by atoms with Crippen molar-refractivity contribution in [3.8, 4) is 0 Å². The first-order valence-electron chi connectivity index (χ1n) is 8.60. The van der Waals surface area contributed by atoms with Gasteiger partial charge in [0.05, 0.1) is 12.0 Å². The van der Waals surface area contributed by atoms with Crippen molar-refractivity contribution in [1.29, 1.82) is 0 Å². The Labute approximate surface area is 162 Å². The Morgan fingerprint density at radius 2 is 1.92 bits per heavy atom. The molecule has 3 rings (SSSR count). The molecule has 1 amide bonds. The van der Waals surface area contributed by atoms with Crippen LogP contribution in [0.5, 0.6) is 0 Å². The number of nitrogens with zero attached hydrogens (tertiary/aromatic N) is 1. The topological polar surface area (TPSA) is 53.6 Å². The number of piperidine rings is 1. The molecule has 1 aromatic rings. The van der Waals surface area contributed by atoms with Crippen molar-refractivity contribution >= 4 is 42.1 Å². The van der Waals surface area contributed by atoms with E-state index in [1.807, 2.05) is 12.1 Å². The molecule has 2 fully saturated rings. The number of carbonyl (C=O) groups is 1. The number of hydrogen-bond acceptors (Lipinski definition) is 4. The zero-order chi connectivity index (χ0) is 16.1. The normalized spacial score (nSPS) is 18.8. The van der Waals surface area contributed by atoms with Crippen LogP contribution in [0, 0.1) is 5.41 Å². The number of hydrogen-bond donors (Lipinski definition) is 2. The van der Waals surface area contributed by atoms with E-state index in [-0.39, 0.29) is 30.7 Å². The van der Waals surface area contributed by atoms with Crippen LogP contribution in [0.4, 0.5) is 11.4 Å². The lowest BCUT2D eigenvalue weighted by molar-refractivity contribution is -0.130. The van der Waals surface area contributed by atoms with Gasteiger partial charge in [0, 0.05) is 31.6 Å². The molecule has 0 saturated carbocycles. The first-order chi connectivity index (χ1) is 11.2. The third-order valence-corrected chi connectivity index (χ3v) is 5.04. The minimum Gasteiger partial charge on any atom is -0.384 e. The molecule has 2 heterocycles. The molecule has 0 spiro atoms. The van der Waals surface area contributed by atoms with E-state index < -0.39 is 5.41 Å². The second-order valence-electron chi connectivity index (χ2n) is 6.66. The van der Waals surface area contributed by atoms with Crippen LogP contribution >= 0.6 is 24.8 Å². The maximum absolute atomic E-state index is 12.9. The van der Waals surface area contributed by atoms with Gasteiger partial charge in [-0.2, -0.15) is 0 Å². The van der Waals surface area contributed by atoms with E-state index in [0.717, 1.165) is 44.7 Å². The van der Waals surface area contributed by atoms with Crippen LogP contribution in [-0.4, -0.2) is 45.8 Å². The maximum atomic E-state index is 12.9. The molecule has 2 N–H and O–H groups in total. The molecule has 5 nitrogen and oxygen atoms in total. The fraction of sp³-hybridized carbons (Fsp3) is 0.611. The van der Waals surface area contributed by atoms with Gasteiger partial charge in [0.15, 0.2) is 0 Å². The summed E-state index contributed by atoms with van der Waals surface area (Å²) in [6.45, 7) is 4.43. The SMILES string of the molecule is COCC1(C(=O)Nc2cccc(N3CCCC3)c2)CCNCC1.Cl.Cl. The Morgan fingerprint density at radius 3 is 2.56 bits per heavy atom. The molecule has 2 aliphatic rings. The van der Waals surface area contributed by atoms with E-state index in [0.29, 0.717) is 6.61 Å². The number of benzene rings is 1. The summed E-state index contributed by atoms with van der Waals surface area (Å²) in [6.07, 6.45) is 4.14. The molecule has 2 aliphatic heterocycles. The summed E-state index contributed by atoms with van der Waals surface area (Å²) < 4.78 is 5.35. The maximum Gasteiger partial charge on any atom is 0.233 e. The molecular formula is C18H29Cl2N3O2.